The van der Waals surface area contributed by atoms with Crippen LogP contribution in [0.1, 0.15) is 0 Å². The van der Waals surface area contributed by atoms with Crippen LogP contribution in [0.3, 0.4) is 0 Å². The molecule has 0 N–H and O–H groups in total. The van der Waals surface area contributed by atoms with E-state index in [0.29, 0.717) is 0 Å². The normalized spacial score (nSPS) is 11.3. The van der Waals surface area contributed by atoms with Crippen LogP contribution in [0.4, 0.5) is 18.9 Å². The first-order valence-electron chi connectivity index (χ1n) is 3.60. The fourth-order valence-electron chi connectivity index (χ4n) is 0.899. The van der Waals surface area contributed by atoms with E-state index < -0.39 is 27.7 Å². The Labute approximate surface area is 96.7 Å². The summed E-state index contributed by atoms with van der Waals surface area (Å²) in [6.07, 6.45) is -5.04. The third-order valence-electron chi connectivity index (χ3n) is 1.44. The van der Waals surface area contributed by atoms with Gasteiger partial charge in [0.25, 0.3) is 0 Å². The van der Waals surface area contributed by atoms with Gasteiger partial charge >= 0.3 is 12.0 Å². The first-order valence-corrected chi connectivity index (χ1v) is 4.36. The molecule has 9 heteroatoms. The van der Waals surface area contributed by atoms with Crippen molar-refractivity contribution in [2.45, 2.75) is 6.36 Å². The molecule has 0 spiro atoms. The summed E-state index contributed by atoms with van der Waals surface area (Å²) in [5, 5.41) is 9.66. The van der Waals surface area contributed by atoms with Crippen molar-refractivity contribution in [2.24, 2.45) is 0 Å². The largest absolute Gasteiger partial charge is 0.573 e. The first kappa shape index (κ1) is 12.9. The maximum absolute atomic E-state index is 11.9. The topological polar surface area (TPSA) is 52.4 Å². The molecule has 0 heterocycles. The van der Waals surface area contributed by atoms with E-state index in [9.17, 15) is 23.3 Å². The van der Waals surface area contributed by atoms with Crippen LogP contribution >= 0.6 is 23.2 Å². The lowest BCUT2D eigenvalue weighted by Crippen LogP contribution is -2.18. The van der Waals surface area contributed by atoms with Crippen molar-refractivity contribution in [3.8, 4) is 5.75 Å². The maximum atomic E-state index is 11.9. The SMILES string of the molecule is O=[N+]([O-])c1c(OC(F)(F)F)ccc(Cl)c1Cl. The number of rotatable bonds is 2. The van der Waals surface area contributed by atoms with E-state index in [2.05, 4.69) is 4.74 Å². The molecule has 0 radical (unpaired) electrons. The van der Waals surface area contributed by atoms with Crippen molar-refractivity contribution < 1.29 is 22.8 Å². The summed E-state index contributed by atoms with van der Waals surface area (Å²) in [4.78, 5) is 9.39. The lowest BCUT2D eigenvalue weighted by Gasteiger charge is -2.09. The molecule has 16 heavy (non-hydrogen) atoms. The third kappa shape index (κ3) is 2.89. The van der Waals surface area contributed by atoms with Gasteiger partial charge in [-0.1, -0.05) is 23.2 Å². The number of nitro groups is 1. The predicted octanol–water partition coefficient (Wildman–Crippen LogP) is 3.80. The fraction of sp³-hybridized carbons (Fsp3) is 0.143. The van der Waals surface area contributed by atoms with Gasteiger partial charge in [0.1, 0.15) is 5.02 Å². The van der Waals surface area contributed by atoms with Crippen molar-refractivity contribution in [3.05, 3.63) is 32.3 Å². The molecule has 0 saturated carbocycles. The predicted molar refractivity (Wildman–Crippen MR) is 49.8 cm³/mol. The van der Waals surface area contributed by atoms with Gasteiger partial charge in [-0.15, -0.1) is 13.2 Å². The van der Waals surface area contributed by atoms with Crippen LogP contribution in [0.25, 0.3) is 0 Å². The smallest absolute Gasteiger partial charge is 0.398 e. The van der Waals surface area contributed by atoms with Crippen LogP contribution in [0.15, 0.2) is 12.1 Å². The van der Waals surface area contributed by atoms with Gasteiger partial charge in [-0.3, -0.25) is 10.1 Å². The molecule has 4 nitrogen and oxygen atoms in total. The quantitative estimate of drug-likeness (QED) is 0.609. The minimum atomic E-state index is -5.04. The average molecular weight is 276 g/mol. The molecule has 88 valence electrons. The van der Waals surface area contributed by atoms with E-state index in [-0.39, 0.29) is 5.02 Å². The fourth-order valence-corrected chi connectivity index (χ4v) is 1.28. The second-order valence-corrected chi connectivity index (χ2v) is 3.30. The van der Waals surface area contributed by atoms with Gasteiger partial charge in [0.2, 0.25) is 5.75 Å². The maximum Gasteiger partial charge on any atom is 0.573 e. The molecule has 0 aliphatic carbocycles. The Bertz CT molecular complexity index is 436. The Kier molecular flexibility index (Phi) is 3.49. The van der Waals surface area contributed by atoms with Crippen molar-refractivity contribution in [1.29, 1.82) is 0 Å². The monoisotopic (exact) mass is 275 g/mol. The number of benzene rings is 1. The molecule has 0 fully saturated rings. The Morgan fingerprint density at radius 2 is 1.88 bits per heavy atom. The summed E-state index contributed by atoms with van der Waals surface area (Å²) in [6, 6.07) is 1.69. The zero-order valence-electron chi connectivity index (χ0n) is 7.22. The Balaban J connectivity index is 3.29. The van der Waals surface area contributed by atoms with E-state index >= 15 is 0 Å². The van der Waals surface area contributed by atoms with E-state index in [4.69, 9.17) is 23.2 Å². The molecule has 1 rings (SSSR count). The van der Waals surface area contributed by atoms with Crippen molar-refractivity contribution in [1.82, 2.24) is 0 Å². The molecule has 0 unspecified atom stereocenters. The van der Waals surface area contributed by atoms with E-state index in [0.717, 1.165) is 12.1 Å². The van der Waals surface area contributed by atoms with Crippen LogP contribution in [0, 0.1) is 10.1 Å². The molecule has 1 aromatic rings. The molecule has 0 aromatic heterocycles. The van der Waals surface area contributed by atoms with Crippen LogP contribution in [-0.4, -0.2) is 11.3 Å². The van der Waals surface area contributed by atoms with Gasteiger partial charge in [0.05, 0.1) is 9.95 Å². The van der Waals surface area contributed by atoms with E-state index in [1.807, 2.05) is 0 Å². The second-order valence-electron chi connectivity index (χ2n) is 2.51. The number of nitro benzene ring substituents is 1. The summed E-state index contributed by atoms with van der Waals surface area (Å²) >= 11 is 10.8. The number of halogens is 5. The molecule has 0 aliphatic heterocycles. The summed E-state index contributed by atoms with van der Waals surface area (Å²) in [5.41, 5.74) is -1.02. The Hall–Kier alpha value is -1.21. The van der Waals surface area contributed by atoms with E-state index in [1.54, 1.807) is 0 Å². The Morgan fingerprint density at radius 3 is 2.31 bits per heavy atom. The van der Waals surface area contributed by atoms with Crippen molar-refractivity contribution >= 4 is 28.9 Å². The van der Waals surface area contributed by atoms with Gasteiger partial charge in [0.15, 0.2) is 0 Å². The molecule has 0 aliphatic rings. The van der Waals surface area contributed by atoms with Gasteiger partial charge in [-0.25, -0.2) is 0 Å². The highest BCUT2D eigenvalue weighted by Crippen LogP contribution is 2.41. The zero-order valence-corrected chi connectivity index (χ0v) is 8.73. The van der Waals surface area contributed by atoms with Crippen LogP contribution in [-0.2, 0) is 0 Å². The van der Waals surface area contributed by atoms with Gasteiger partial charge in [-0.2, -0.15) is 0 Å². The number of hydrogen-bond acceptors (Lipinski definition) is 3. The van der Waals surface area contributed by atoms with Gasteiger partial charge < -0.3 is 4.74 Å². The average Bonchev–Trinajstić information content (AvgIpc) is 2.08. The van der Waals surface area contributed by atoms with Crippen molar-refractivity contribution in [2.75, 3.05) is 0 Å². The first-order chi connectivity index (χ1) is 7.22. The summed E-state index contributed by atoms with van der Waals surface area (Å²) < 4.78 is 39.1. The molecule has 0 saturated heterocycles. The second kappa shape index (κ2) is 4.34. The highest BCUT2D eigenvalue weighted by Gasteiger charge is 2.35. The third-order valence-corrected chi connectivity index (χ3v) is 2.23. The number of ether oxygens (including phenoxy) is 1. The lowest BCUT2D eigenvalue weighted by atomic mass is 10.3. The molecular weight excluding hydrogens is 274 g/mol. The molecule has 1 aromatic carbocycles. The van der Waals surface area contributed by atoms with Gasteiger partial charge in [-0.05, 0) is 12.1 Å². The van der Waals surface area contributed by atoms with Crippen LogP contribution in [0.5, 0.6) is 5.75 Å². The minimum absolute atomic E-state index is 0.233. The highest BCUT2D eigenvalue weighted by atomic mass is 35.5. The zero-order chi connectivity index (χ0) is 12.5. The minimum Gasteiger partial charge on any atom is -0.398 e. The van der Waals surface area contributed by atoms with Crippen LogP contribution in [0.2, 0.25) is 10.0 Å². The molecule has 0 bridgehead atoms. The number of hydrogen-bond donors (Lipinski definition) is 0. The molecular formula is C7H2Cl2F3NO3. The highest BCUT2D eigenvalue weighted by molar-refractivity contribution is 6.43. The standard InChI is InChI=1S/C7H2Cl2F3NO3/c8-3-1-2-4(16-7(10,11)12)6(5(3)9)13(14)15/h1-2H. The lowest BCUT2D eigenvalue weighted by molar-refractivity contribution is -0.388. The van der Waals surface area contributed by atoms with Gasteiger partial charge in [0, 0.05) is 0 Å². The molecule has 0 atom stereocenters. The molecule has 0 amide bonds. The summed E-state index contributed by atoms with van der Waals surface area (Å²) in [5.74, 6) is -1.01. The number of alkyl halides is 3. The number of nitrogens with zero attached hydrogens (tertiary/aromatic N) is 1. The summed E-state index contributed by atoms with van der Waals surface area (Å²) in [6.45, 7) is 0. The summed E-state index contributed by atoms with van der Waals surface area (Å²) in [7, 11) is 0. The van der Waals surface area contributed by atoms with Crippen LogP contribution < -0.4 is 4.74 Å². The Morgan fingerprint density at radius 1 is 1.31 bits per heavy atom. The van der Waals surface area contributed by atoms with E-state index in [1.165, 1.54) is 0 Å². The van der Waals surface area contributed by atoms with Crippen molar-refractivity contribution in [3.63, 3.8) is 0 Å².